The van der Waals surface area contributed by atoms with Crippen LogP contribution in [0.5, 0.6) is 0 Å². The summed E-state index contributed by atoms with van der Waals surface area (Å²) in [5, 5.41) is 16.1. The van der Waals surface area contributed by atoms with Crippen LogP contribution in [0.1, 0.15) is 36.8 Å². The van der Waals surface area contributed by atoms with Gasteiger partial charge in [0.2, 0.25) is 5.91 Å². The van der Waals surface area contributed by atoms with E-state index in [0.717, 1.165) is 5.56 Å². The molecule has 0 spiro atoms. The third-order valence-electron chi connectivity index (χ3n) is 4.97. The van der Waals surface area contributed by atoms with Crippen molar-refractivity contribution in [3.05, 3.63) is 75.8 Å². The van der Waals surface area contributed by atoms with Gasteiger partial charge < -0.3 is 20.1 Å². The van der Waals surface area contributed by atoms with Crippen molar-refractivity contribution < 1.29 is 28.8 Å². The van der Waals surface area contributed by atoms with Crippen LogP contribution in [0.2, 0.25) is 0 Å². The first kappa shape index (κ1) is 26.3. The van der Waals surface area contributed by atoms with Crippen LogP contribution in [-0.2, 0) is 32.1 Å². The van der Waals surface area contributed by atoms with E-state index in [-0.39, 0.29) is 31.0 Å². The normalized spacial score (nSPS) is 11.2. The van der Waals surface area contributed by atoms with E-state index in [4.69, 9.17) is 9.47 Å². The summed E-state index contributed by atoms with van der Waals surface area (Å²) in [6, 6.07) is 14.2. The number of methoxy groups -OCH3 is 1. The van der Waals surface area contributed by atoms with Crippen LogP contribution in [-0.4, -0.2) is 42.6 Å². The van der Waals surface area contributed by atoms with Crippen LogP contribution in [0, 0.1) is 10.1 Å². The van der Waals surface area contributed by atoms with Crippen molar-refractivity contribution in [2.45, 2.75) is 44.8 Å². The van der Waals surface area contributed by atoms with Gasteiger partial charge in [-0.2, -0.15) is 0 Å². The number of carbonyl (C=O) groups is 3. The van der Waals surface area contributed by atoms with Gasteiger partial charge in [-0.25, -0.2) is 9.59 Å². The second-order valence-corrected chi connectivity index (χ2v) is 7.57. The number of unbranched alkanes of at least 4 members (excludes halogenated alkanes) is 2. The van der Waals surface area contributed by atoms with Crippen LogP contribution in [0.4, 0.5) is 10.5 Å². The van der Waals surface area contributed by atoms with Crippen molar-refractivity contribution in [2.24, 2.45) is 0 Å². The number of esters is 1. The molecule has 0 aliphatic carbocycles. The van der Waals surface area contributed by atoms with Crippen LogP contribution >= 0.6 is 0 Å². The van der Waals surface area contributed by atoms with Crippen LogP contribution < -0.4 is 10.6 Å². The molecule has 0 fully saturated rings. The minimum Gasteiger partial charge on any atom is -0.467 e. The summed E-state index contributed by atoms with van der Waals surface area (Å²) in [4.78, 5) is 46.3. The van der Waals surface area contributed by atoms with Gasteiger partial charge in [-0.1, -0.05) is 48.9 Å². The molecule has 0 heterocycles. The van der Waals surface area contributed by atoms with Crippen LogP contribution in [0.25, 0.3) is 0 Å². The van der Waals surface area contributed by atoms with E-state index in [2.05, 4.69) is 10.6 Å². The van der Waals surface area contributed by atoms with E-state index in [1.54, 1.807) is 0 Å². The van der Waals surface area contributed by atoms with Crippen molar-refractivity contribution in [1.82, 2.24) is 10.6 Å². The third-order valence-corrected chi connectivity index (χ3v) is 4.97. The van der Waals surface area contributed by atoms with Crippen molar-refractivity contribution in [1.29, 1.82) is 0 Å². The Morgan fingerprint density at radius 3 is 2.32 bits per heavy atom. The van der Waals surface area contributed by atoms with Gasteiger partial charge in [-0.05, 0) is 24.0 Å². The van der Waals surface area contributed by atoms with Gasteiger partial charge in [0, 0.05) is 31.5 Å². The van der Waals surface area contributed by atoms with Crippen LogP contribution in [0.3, 0.4) is 0 Å². The quantitative estimate of drug-likeness (QED) is 0.198. The molecule has 0 bridgehead atoms. The molecule has 0 saturated heterocycles. The molecule has 2 amide bonds. The first-order chi connectivity index (χ1) is 16.4. The van der Waals surface area contributed by atoms with Gasteiger partial charge in [0.1, 0.15) is 12.6 Å². The summed E-state index contributed by atoms with van der Waals surface area (Å²) < 4.78 is 9.89. The predicted octanol–water partition coefficient (Wildman–Crippen LogP) is 3.28. The topological polar surface area (TPSA) is 137 Å². The Hall–Kier alpha value is -3.95. The average Bonchev–Trinajstić information content (AvgIpc) is 2.84. The maximum Gasteiger partial charge on any atom is 0.407 e. The zero-order chi connectivity index (χ0) is 24.8. The lowest BCUT2D eigenvalue weighted by Crippen LogP contribution is -2.43. The van der Waals surface area contributed by atoms with Crippen molar-refractivity contribution in [3.8, 4) is 0 Å². The summed E-state index contributed by atoms with van der Waals surface area (Å²) in [6.07, 6.45) is 1.85. The fourth-order valence-corrected chi connectivity index (χ4v) is 3.14. The number of hydrogen-bond acceptors (Lipinski definition) is 7. The molecule has 2 rings (SSSR count). The SMILES string of the molecule is COC(=O)[C@@H](Cc1ccc([N+](=O)[O-])cc1)NC(=O)CCCCCNC(=O)OCc1ccccc1. The standard InChI is InChI=1S/C24H29N3O7/c1-33-23(29)21(16-18-11-13-20(14-12-18)27(31)32)26-22(28)10-6-3-7-15-25-24(30)34-17-19-8-4-2-5-9-19/h2,4-5,8-9,11-14,21H,3,6-7,10,15-17H2,1H3,(H,25,30)(H,26,28)/t21-/m1/s1. The highest BCUT2D eigenvalue weighted by Gasteiger charge is 2.22. The number of nitrogens with zero attached hydrogens (tertiary/aromatic N) is 1. The lowest BCUT2D eigenvalue weighted by molar-refractivity contribution is -0.384. The van der Waals surface area contributed by atoms with E-state index in [1.165, 1.54) is 31.4 Å². The van der Waals surface area contributed by atoms with Gasteiger partial charge in [0.25, 0.3) is 5.69 Å². The van der Waals surface area contributed by atoms with Crippen molar-refractivity contribution >= 4 is 23.7 Å². The maximum absolute atomic E-state index is 12.3. The Balaban J connectivity index is 1.64. The fourth-order valence-electron chi connectivity index (χ4n) is 3.14. The fraction of sp³-hybridized carbons (Fsp3) is 0.375. The largest absolute Gasteiger partial charge is 0.467 e. The highest BCUT2D eigenvalue weighted by molar-refractivity contribution is 5.84. The predicted molar refractivity (Wildman–Crippen MR) is 124 cm³/mol. The molecule has 0 aromatic heterocycles. The zero-order valence-electron chi connectivity index (χ0n) is 19.0. The third kappa shape index (κ3) is 9.68. The Labute approximate surface area is 197 Å². The van der Waals surface area contributed by atoms with E-state index >= 15 is 0 Å². The lowest BCUT2D eigenvalue weighted by Gasteiger charge is -2.16. The number of nitro groups is 1. The Kier molecular flexibility index (Phi) is 11.0. The summed E-state index contributed by atoms with van der Waals surface area (Å²) in [7, 11) is 1.23. The zero-order valence-corrected chi connectivity index (χ0v) is 19.0. The summed E-state index contributed by atoms with van der Waals surface area (Å²) >= 11 is 0. The van der Waals surface area contributed by atoms with Gasteiger partial charge in [0.15, 0.2) is 0 Å². The number of hydrogen-bond donors (Lipinski definition) is 2. The number of non-ortho nitro benzene ring substituents is 1. The molecular weight excluding hydrogens is 442 g/mol. The van der Waals surface area contributed by atoms with Gasteiger partial charge in [0.05, 0.1) is 12.0 Å². The highest BCUT2D eigenvalue weighted by atomic mass is 16.6. The van der Waals surface area contributed by atoms with E-state index < -0.39 is 23.0 Å². The molecule has 0 aliphatic rings. The molecule has 2 aromatic carbocycles. The van der Waals surface area contributed by atoms with E-state index in [0.29, 0.717) is 31.4 Å². The molecule has 182 valence electrons. The van der Waals surface area contributed by atoms with Gasteiger partial charge >= 0.3 is 12.1 Å². The highest BCUT2D eigenvalue weighted by Crippen LogP contribution is 2.14. The summed E-state index contributed by atoms with van der Waals surface area (Å²) in [6.45, 7) is 0.633. The van der Waals surface area contributed by atoms with E-state index in [1.807, 2.05) is 30.3 Å². The first-order valence-electron chi connectivity index (χ1n) is 10.9. The number of rotatable bonds is 13. The molecule has 0 aliphatic heterocycles. The Bertz CT molecular complexity index is 949. The smallest absolute Gasteiger partial charge is 0.407 e. The number of nitrogens with one attached hydrogen (secondary N) is 2. The first-order valence-corrected chi connectivity index (χ1v) is 10.9. The minimum atomic E-state index is -0.889. The summed E-state index contributed by atoms with van der Waals surface area (Å²) in [5.41, 5.74) is 1.51. The molecule has 10 nitrogen and oxygen atoms in total. The number of amides is 2. The average molecular weight is 472 g/mol. The van der Waals surface area contributed by atoms with Crippen LogP contribution in [0.15, 0.2) is 54.6 Å². The Morgan fingerprint density at radius 2 is 1.68 bits per heavy atom. The number of alkyl carbamates (subject to hydrolysis) is 1. The molecule has 1 atom stereocenters. The molecule has 34 heavy (non-hydrogen) atoms. The lowest BCUT2D eigenvalue weighted by atomic mass is 10.0. The monoisotopic (exact) mass is 471 g/mol. The second-order valence-electron chi connectivity index (χ2n) is 7.57. The Morgan fingerprint density at radius 1 is 0.971 bits per heavy atom. The molecule has 0 unspecified atom stereocenters. The maximum atomic E-state index is 12.3. The molecular formula is C24H29N3O7. The number of carbonyl (C=O) groups excluding carboxylic acids is 3. The molecule has 2 aromatic rings. The molecule has 2 N–H and O–H groups in total. The number of nitro benzene ring substituents is 1. The van der Waals surface area contributed by atoms with Crippen molar-refractivity contribution in [2.75, 3.05) is 13.7 Å². The van der Waals surface area contributed by atoms with E-state index in [9.17, 15) is 24.5 Å². The second kappa shape index (κ2) is 14.2. The molecule has 0 saturated carbocycles. The van der Waals surface area contributed by atoms with Gasteiger partial charge in [-0.15, -0.1) is 0 Å². The molecule has 0 radical (unpaired) electrons. The number of benzene rings is 2. The summed E-state index contributed by atoms with van der Waals surface area (Å²) in [5.74, 6) is -0.891. The molecule has 10 heteroatoms. The van der Waals surface area contributed by atoms with Gasteiger partial charge in [-0.3, -0.25) is 14.9 Å². The minimum absolute atomic E-state index is 0.0543. The van der Waals surface area contributed by atoms with Crippen molar-refractivity contribution in [3.63, 3.8) is 0 Å². The number of ether oxygens (including phenoxy) is 2.